The highest BCUT2D eigenvalue weighted by molar-refractivity contribution is 7.91. The van der Waals surface area contributed by atoms with Crippen LogP contribution < -0.4 is 4.74 Å². The molecule has 4 aromatic rings. The minimum Gasteiger partial charge on any atom is -0.497 e. The number of aryl methyl sites for hydroxylation is 1. The summed E-state index contributed by atoms with van der Waals surface area (Å²) in [7, 11) is -2.49. The van der Waals surface area contributed by atoms with Crippen LogP contribution >= 0.6 is 0 Å². The van der Waals surface area contributed by atoms with Crippen LogP contribution in [0.3, 0.4) is 0 Å². The van der Waals surface area contributed by atoms with E-state index >= 15 is 0 Å². The Labute approximate surface area is 174 Å². The summed E-state index contributed by atoms with van der Waals surface area (Å²) in [6.07, 6.45) is 1.35. The molecule has 0 aliphatic rings. The van der Waals surface area contributed by atoms with Crippen LogP contribution in [0.5, 0.6) is 5.75 Å². The monoisotopic (exact) mass is 417 g/mol. The second-order valence-electron chi connectivity index (χ2n) is 6.90. The van der Waals surface area contributed by atoms with Crippen LogP contribution in [-0.2, 0) is 9.84 Å². The van der Waals surface area contributed by atoms with Crippen LogP contribution in [-0.4, -0.2) is 26.3 Å². The van der Waals surface area contributed by atoms with Gasteiger partial charge in [-0.25, -0.2) is 8.42 Å². The minimum atomic E-state index is -4.01. The number of hydrogen-bond acceptors (Lipinski definition) is 5. The van der Waals surface area contributed by atoms with Crippen molar-refractivity contribution in [2.24, 2.45) is 0 Å². The standard InChI is InChI=1S/C24H19NO4S/c1-16-8-13-22-20(14-16)24(30(27,28)19-11-9-18(29-2)10-12-19)21(15-25-22)23(26)17-6-4-3-5-7-17/h3-15H,1-2H3. The fourth-order valence-electron chi connectivity index (χ4n) is 3.35. The number of fused-ring (bicyclic) bond motifs is 1. The maximum Gasteiger partial charge on any atom is 0.208 e. The van der Waals surface area contributed by atoms with Crippen LogP contribution in [0.25, 0.3) is 10.9 Å². The van der Waals surface area contributed by atoms with E-state index in [1.165, 1.54) is 25.4 Å². The molecule has 1 heterocycles. The number of nitrogens with zero attached hydrogens (tertiary/aromatic N) is 1. The maximum atomic E-state index is 13.7. The molecule has 30 heavy (non-hydrogen) atoms. The lowest BCUT2D eigenvalue weighted by molar-refractivity contribution is 0.103. The average molecular weight is 417 g/mol. The van der Waals surface area contributed by atoms with Gasteiger partial charge < -0.3 is 4.74 Å². The summed E-state index contributed by atoms with van der Waals surface area (Å²) >= 11 is 0. The molecule has 150 valence electrons. The Bertz CT molecular complexity index is 1350. The highest BCUT2D eigenvalue weighted by Gasteiger charge is 2.28. The summed E-state index contributed by atoms with van der Waals surface area (Å²) in [5, 5.41) is 0.424. The Morgan fingerprint density at radius 3 is 2.30 bits per heavy atom. The zero-order valence-electron chi connectivity index (χ0n) is 16.5. The third-order valence-electron chi connectivity index (χ3n) is 4.89. The number of pyridine rings is 1. The number of carbonyl (C=O) groups is 1. The summed E-state index contributed by atoms with van der Waals surface area (Å²) in [5.41, 5.74) is 1.84. The zero-order chi connectivity index (χ0) is 21.3. The summed E-state index contributed by atoms with van der Waals surface area (Å²) in [5.74, 6) is 0.156. The van der Waals surface area contributed by atoms with Gasteiger partial charge in [-0.15, -0.1) is 0 Å². The highest BCUT2D eigenvalue weighted by atomic mass is 32.2. The first kappa shape index (κ1) is 19.8. The van der Waals surface area contributed by atoms with Crippen molar-refractivity contribution in [2.45, 2.75) is 16.7 Å². The molecule has 0 fully saturated rings. The van der Waals surface area contributed by atoms with E-state index in [1.54, 1.807) is 54.6 Å². The Morgan fingerprint density at radius 2 is 1.63 bits per heavy atom. The number of aromatic nitrogens is 1. The molecule has 0 saturated heterocycles. The molecule has 0 atom stereocenters. The zero-order valence-corrected chi connectivity index (χ0v) is 17.3. The molecule has 0 N–H and O–H groups in total. The Kier molecular flexibility index (Phi) is 5.10. The number of benzene rings is 3. The van der Waals surface area contributed by atoms with Gasteiger partial charge in [-0.05, 0) is 43.3 Å². The predicted octanol–water partition coefficient (Wildman–Crippen LogP) is 4.62. The predicted molar refractivity (Wildman–Crippen MR) is 115 cm³/mol. The highest BCUT2D eigenvalue weighted by Crippen LogP contribution is 2.33. The van der Waals surface area contributed by atoms with Crippen molar-refractivity contribution in [2.75, 3.05) is 7.11 Å². The number of ketones is 1. The van der Waals surface area contributed by atoms with E-state index in [1.807, 2.05) is 13.0 Å². The largest absolute Gasteiger partial charge is 0.497 e. The summed E-state index contributed by atoms with van der Waals surface area (Å²) < 4.78 is 32.5. The van der Waals surface area contributed by atoms with Gasteiger partial charge in [0.25, 0.3) is 0 Å². The van der Waals surface area contributed by atoms with Gasteiger partial charge >= 0.3 is 0 Å². The molecular weight excluding hydrogens is 398 g/mol. The first-order chi connectivity index (χ1) is 14.4. The van der Waals surface area contributed by atoms with Gasteiger partial charge in [0.15, 0.2) is 5.78 Å². The third kappa shape index (κ3) is 3.46. The van der Waals surface area contributed by atoms with Gasteiger partial charge in [-0.3, -0.25) is 9.78 Å². The van der Waals surface area contributed by atoms with Gasteiger partial charge in [-0.1, -0.05) is 42.0 Å². The second kappa shape index (κ2) is 7.72. The van der Waals surface area contributed by atoms with Crippen LogP contribution in [0.4, 0.5) is 0 Å². The molecule has 0 aliphatic carbocycles. The van der Waals surface area contributed by atoms with Crippen molar-refractivity contribution in [3.05, 3.63) is 95.7 Å². The topological polar surface area (TPSA) is 73.3 Å². The summed E-state index contributed by atoms with van der Waals surface area (Å²) in [6.45, 7) is 1.87. The van der Waals surface area contributed by atoms with E-state index in [4.69, 9.17) is 4.74 Å². The van der Waals surface area contributed by atoms with E-state index in [2.05, 4.69) is 4.98 Å². The van der Waals surface area contributed by atoms with Crippen LogP contribution in [0.2, 0.25) is 0 Å². The quantitative estimate of drug-likeness (QED) is 0.443. The van der Waals surface area contributed by atoms with E-state index in [0.29, 0.717) is 22.2 Å². The van der Waals surface area contributed by atoms with Crippen LogP contribution in [0, 0.1) is 6.92 Å². The molecular formula is C24H19NO4S. The van der Waals surface area contributed by atoms with E-state index < -0.39 is 15.6 Å². The minimum absolute atomic E-state index is 0.0322. The summed E-state index contributed by atoms with van der Waals surface area (Å²) in [4.78, 5) is 17.7. The van der Waals surface area contributed by atoms with Gasteiger partial charge in [0.2, 0.25) is 9.84 Å². The fraction of sp³-hybridized carbons (Fsp3) is 0.0833. The molecule has 0 bridgehead atoms. The number of sulfone groups is 1. The SMILES string of the molecule is COc1ccc(S(=O)(=O)c2c(C(=O)c3ccccc3)cnc3ccc(C)cc23)cc1. The summed E-state index contributed by atoms with van der Waals surface area (Å²) in [6, 6.07) is 20.1. The van der Waals surface area contributed by atoms with Crippen LogP contribution in [0.15, 0.2) is 88.8 Å². The van der Waals surface area contributed by atoms with Crippen molar-refractivity contribution in [1.82, 2.24) is 4.98 Å². The maximum absolute atomic E-state index is 13.7. The van der Waals surface area contributed by atoms with E-state index in [-0.39, 0.29) is 15.4 Å². The Balaban J connectivity index is 2.02. The molecule has 5 nitrogen and oxygen atoms in total. The van der Waals surface area contributed by atoms with Crippen molar-refractivity contribution in [3.8, 4) is 5.75 Å². The molecule has 0 saturated carbocycles. The normalized spacial score (nSPS) is 11.4. The Hall–Kier alpha value is -3.51. The average Bonchev–Trinajstić information content (AvgIpc) is 2.78. The van der Waals surface area contributed by atoms with Crippen molar-refractivity contribution < 1.29 is 17.9 Å². The van der Waals surface area contributed by atoms with E-state index in [0.717, 1.165) is 5.56 Å². The van der Waals surface area contributed by atoms with Crippen molar-refractivity contribution >= 4 is 26.5 Å². The second-order valence-corrected chi connectivity index (χ2v) is 8.78. The van der Waals surface area contributed by atoms with Crippen molar-refractivity contribution in [3.63, 3.8) is 0 Å². The van der Waals surface area contributed by atoms with E-state index in [9.17, 15) is 13.2 Å². The molecule has 0 spiro atoms. The molecule has 6 heteroatoms. The molecule has 4 rings (SSSR count). The molecule has 0 aliphatic heterocycles. The molecule has 3 aromatic carbocycles. The van der Waals surface area contributed by atoms with Crippen molar-refractivity contribution in [1.29, 1.82) is 0 Å². The molecule has 0 radical (unpaired) electrons. The lowest BCUT2D eigenvalue weighted by Gasteiger charge is -2.14. The molecule has 1 aromatic heterocycles. The number of carbonyl (C=O) groups excluding carboxylic acids is 1. The van der Waals surface area contributed by atoms with Gasteiger partial charge in [-0.2, -0.15) is 0 Å². The number of methoxy groups -OCH3 is 1. The number of hydrogen-bond donors (Lipinski definition) is 0. The van der Waals surface area contributed by atoms with Gasteiger partial charge in [0.05, 0.1) is 28.0 Å². The number of ether oxygens (including phenoxy) is 1. The first-order valence-corrected chi connectivity index (χ1v) is 10.8. The molecule has 0 unspecified atom stereocenters. The first-order valence-electron chi connectivity index (χ1n) is 9.30. The molecule has 0 amide bonds. The Morgan fingerprint density at radius 1 is 0.933 bits per heavy atom. The van der Waals surface area contributed by atoms with Gasteiger partial charge in [0.1, 0.15) is 5.75 Å². The smallest absolute Gasteiger partial charge is 0.208 e. The lowest BCUT2D eigenvalue weighted by Crippen LogP contribution is -2.12. The lowest BCUT2D eigenvalue weighted by atomic mass is 10.0. The van der Waals surface area contributed by atoms with Gasteiger partial charge in [0, 0.05) is 17.1 Å². The fourth-order valence-corrected chi connectivity index (χ4v) is 4.97. The van der Waals surface area contributed by atoms with Crippen LogP contribution in [0.1, 0.15) is 21.5 Å². The number of rotatable bonds is 5. The third-order valence-corrected chi connectivity index (χ3v) is 6.76.